The van der Waals surface area contributed by atoms with Crippen molar-refractivity contribution in [1.29, 1.82) is 0 Å². The Hall–Kier alpha value is -4.41. The topological polar surface area (TPSA) is 109 Å². The fourth-order valence-electron chi connectivity index (χ4n) is 3.45. The number of urea groups is 1. The second-order valence-electron chi connectivity index (χ2n) is 7.84. The number of hydrogen-bond acceptors (Lipinski definition) is 4. The number of imidazole rings is 1. The number of amides is 2. The van der Waals surface area contributed by atoms with Gasteiger partial charge in [0.15, 0.2) is 5.65 Å². The number of nitrogens with one attached hydrogen (secondary N) is 2. The third kappa shape index (κ3) is 5.57. The summed E-state index contributed by atoms with van der Waals surface area (Å²) in [5.41, 5.74) is 4.47. The van der Waals surface area contributed by atoms with E-state index in [0.29, 0.717) is 28.2 Å². The van der Waals surface area contributed by atoms with Crippen LogP contribution in [0.4, 0.5) is 23.7 Å². The molecule has 1 unspecified atom stereocenters. The number of rotatable bonds is 6. The normalized spacial score (nSPS) is 12.3. The Bertz CT molecular complexity index is 1380. The average Bonchev–Trinajstić information content (AvgIpc) is 3.25. The second-order valence-corrected chi connectivity index (χ2v) is 7.84. The lowest BCUT2D eigenvalue weighted by Gasteiger charge is -2.11. The molecule has 8 nitrogen and oxygen atoms in total. The lowest BCUT2D eigenvalue weighted by molar-refractivity contribution is -0.138. The van der Waals surface area contributed by atoms with Crippen LogP contribution in [0.15, 0.2) is 67.0 Å². The van der Waals surface area contributed by atoms with Crippen LogP contribution in [0.3, 0.4) is 0 Å². The maximum absolute atomic E-state index is 12.3. The first kappa shape index (κ1) is 23.7. The number of carbonyl (C=O) groups is 2. The Morgan fingerprint density at radius 2 is 1.77 bits per heavy atom. The van der Waals surface area contributed by atoms with E-state index in [-0.39, 0.29) is 0 Å². The summed E-state index contributed by atoms with van der Waals surface area (Å²) in [5.74, 6) is -1.51. The van der Waals surface area contributed by atoms with Crippen molar-refractivity contribution in [2.24, 2.45) is 0 Å². The molecule has 0 bridgehead atoms. The van der Waals surface area contributed by atoms with E-state index < -0.39 is 30.6 Å². The number of hydrogen-bond donors (Lipinski definition) is 3. The molecule has 0 saturated heterocycles. The smallest absolute Gasteiger partial charge is 0.405 e. The summed E-state index contributed by atoms with van der Waals surface area (Å²) >= 11 is 0. The third-order valence-corrected chi connectivity index (χ3v) is 5.34. The lowest BCUT2D eigenvalue weighted by atomic mass is 9.98. The van der Waals surface area contributed by atoms with Gasteiger partial charge in [-0.25, -0.2) is 14.3 Å². The van der Waals surface area contributed by atoms with E-state index in [0.717, 1.165) is 11.1 Å². The first-order valence-corrected chi connectivity index (χ1v) is 10.5. The minimum Gasteiger partial charge on any atom is -0.481 e. The molecule has 0 saturated carbocycles. The highest BCUT2D eigenvalue weighted by atomic mass is 19.4. The number of aliphatic carboxylic acids is 1. The second kappa shape index (κ2) is 9.45. The maximum atomic E-state index is 12.3. The maximum Gasteiger partial charge on any atom is 0.405 e. The van der Waals surface area contributed by atoms with Gasteiger partial charge in [0.25, 0.3) is 0 Å². The van der Waals surface area contributed by atoms with Crippen LogP contribution in [0.5, 0.6) is 0 Å². The van der Waals surface area contributed by atoms with Crippen LogP contribution in [-0.2, 0) is 4.79 Å². The van der Waals surface area contributed by atoms with Gasteiger partial charge in [-0.05, 0) is 36.2 Å². The molecule has 35 heavy (non-hydrogen) atoms. The fraction of sp³-hybridized carbons (Fsp3) is 0.167. The first-order valence-electron chi connectivity index (χ1n) is 10.5. The van der Waals surface area contributed by atoms with E-state index in [1.54, 1.807) is 65.5 Å². The van der Waals surface area contributed by atoms with Crippen LogP contribution in [0, 0.1) is 0 Å². The molecular weight excluding hydrogens is 463 g/mol. The first-order chi connectivity index (χ1) is 16.6. The van der Waals surface area contributed by atoms with E-state index in [1.165, 1.54) is 0 Å². The van der Waals surface area contributed by atoms with Crippen LogP contribution in [0.2, 0.25) is 0 Å². The number of alkyl halides is 3. The zero-order valence-corrected chi connectivity index (χ0v) is 18.4. The van der Waals surface area contributed by atoms with Crippen LogP contribution in [0.1, 0.15) is 18.4 Å². The van der Waals surface area contributed by atoms with E-state index in [2.05, 4.69) is 15.4 Å². The summed E-state index contributed by atoms with van der Waals surface area (Å²) in [5, 5.41) is 17.8. The minimum atomic E-state index is -4.50. The molecule has 3 N–H and O–H groups in total. The Kier molecular flexibility index (Phi) is 6.41. The van der Waals surface area contributed by atoms with Gasteiger partial charge in [0.2, 0.25) is 0 Å². The quantitative estimate of drug-likeness (QED) is 0.360. The van der Waals surface area contributed by atoms with E-state index in [9.17, 15) is 22.8 Å². The minimum absolute atomic E-state index is 0.310. The number of anilines is 1. The summed E-state index contributed by atoms with van der Waals surface area (Å²) in [6.07, 6.45) is -1.24. The average molecular weight is 483 g/mol. The Morgan fingerprint density at radius 3 is 2.46 bits per heavy atom. The Morgan fingerprint density at radius 1 is 1.03 bits per heavy atom. The van der Waals surface area contributed by atoms with Crippen LogP contribution in [-0.4, -0.2) is 44.4 Å². The summed E-state index contributed by atoms with van der Waals surface area (Å²) in [4.78, 5) is 27.3. The van der Waals surface area contributed by atoms with Gasteiger partial charge in [0.1, 0.15) is 6.54 Å². The molecule has 2 aromatic heterocycles. The molecule has 2 heterocycles. The number of carboxylic acid groups (broad SMARTS) is 1. The highest BCUT2D eigenvalue weighted by molar-refractivity contribution is 5.90. The van der Waals surface area contributed by atoms with Gasteiger partial charge in [-0.1, -0.05) is 36.4 Å². The number of halogens is 3. The predicted octanol–water partition coefficient (Wildman–Crippen LogP) is 4.94. The zero-order valence-electron chi connectivity index (χ0n) is 18.4. The van der Waals surface area contributed by atoms with Crippen molar-refractivity contribution in [2.75, 3.05) is 11.9 Å². The summed E-state index contributed by atoms with van der Waals surface area (Å²) in [6.45, 7) is 0.190. The Labute approximate surface area is 197 Å². The van der Waals surface area contributed by atoms with Crippen molar-refractivity contribution < 1.29 is 27.9 Å². The highest BCUT2D eigenvalue weighted by Crippen LogP contribution is 2.27. The van der Waals surface area contributed by atoms with Crippen molar-refractivity contribution in [3.8, 4) is 22.4 Å². The monoisotopic (exact) mass is 483 g/mol. The molecule has 0 aliphatic carbocycles. The molecule has 0 radical (unpaired) electrons. The molecule has 11 heteroatoms. The molecule has 4 aromatic rings. The molecule has 2 aromatic carbocycles. The number of fused-ring (bicyclic) bond motifs is 1. The summed E-state index contributed by atoms with van der Waals surface area (Å²) in [6, 6.07) is 14.6. The summed E-state index contributed by atoms with van der Waals surface area (Å²) < 4.78 is 38.5. The van der Waals surface area contributed by atoms with Crippen molar-refractivity contribution in [2.45, 2.75) is 19.0 Å². The van der Waals surface area contributed by atoms with Crippen LogP contribution < -0.4 is 10.6 Å². The number of carboxylic acids is 1. The lowest BCUT2D eigenvalue weighted by Crippen LogP contribution is -2.36. The molecule has 1 atom stereocenters. The zero-order chi connectivity index (χ0) is 25.2. The number of benzene rings is 2. The highest BCUT2D eigenvalue weighted by Gasteiger charge is 2.27. The van der Waals surface area contributed by atoms with Gasteiger partial charge in [-0.15, -0.1) is 0 Å². The SMILES string of the molecule is CC(C(=O)O)c1ccc(-c2cnn3c(-c4cccc(NC(=O)NCC(F)(F)F)c4)cnc3c2)cc1. The molecule has 180 valence electrons. The standard InChI is InChI=1S/C24H20F3N5O3/c1-14(22(33)34)15-5-7-16(8-6-15)18-10-21-28-12-20(32(21)30-11-18)17-3-2-4-19(9-17)31-23(35)29-13-24(25,26)27/h2-12,14H,13H2,1H3,(H,33,34)(H2,29,31,35). The molecule has 4 rings (SSSR count). The third-order valence-electron chi connectivity index (χ3n) is 5.34. The van der Waals surface area contributed by atoms with Gasteiger partial charge in [0.05, 0.1) is 24.0 Å². The van der Waals surface area contributed by atoms with E-state index >= 15 is 0 Å². The molecule has 2 amide bonds. The van der Waals surface area contributed by atoms with Gasteiger partial charge in [0, 0.05) is 16.8 Å². The summed E-state index contributed by atoms with van der Waals surface area (Å²) in [7, 11) is 0. The largest absolute Gasteiger partial charge is 0.481 e. The number of aromatic nitrogens is 3. The Balaban J connectivity index is 1.54. The molecule has 0 aliphatic rings. The predicted molar refractivity (Wildman–Crippen MR) is 123 cm³/mol. The molecule has 0 spiro atoms. The van der Waals surface area contributed by atoms with Crippen LogP contribution in [0.25, 0.3) is 28.0 Å². The number of carbonyl (C=O) groups excluding carboxylic acids is 1. The van der Waals surface area contributed by atoms with Crippen molar-refractivity contribution in [1.82, 2.24) is 19.9 Å². The number of nitrogens with zero attached hydrogens (tertiary/aromatic N) is 3. The van der Waals surface area contributed by atoms with Gasteiger partial charge in [-0.3, -0.25) is 4.79 Å². The van der Waals surface area contributed by atoms with Crippen molar-refractivity contribution in [3.05, 3.63) is 72.6 Å². The van der Waals surface area contributed by atoms with E-state index in [4.69, 9.17) is 5.11 Å². The van der Waals surface area contributed by atoms with Crippen molar-refractivity contribution >= 4 is 23.3 Å². The molecular formula is C24H20F3N5O3. The van der Waals surface area contributed by atoms with Gasteiger partial charge in [-0.2, -0.15) is 18.3 Å². The fourth-order valence-corrected chi connectivity index (χ4v) is 3.45. The molecule has 0 fully saturated rings. The van der Waals surface area contributed by atoms with Crippen LogP contribution >= 0.6 is 0 Å². The van der Waals surface area contributed by atoms with Crippen molar-refractivity contribution in [3.63, 3.8) is 0 Å². The van der Waals surface area contributed by atoms with Gasteiger partial charge < -0.3 is 15.7 Å². The van der Waals surface area contributed by atoms with E-state index in [1.807, 2.05) is 18.2 Å². The molecule has 0 aliphatic heterocycles. The van der Waals surface area contributed by atoms with Gasteiger partial charge >= 0.3 is 18.2 Å².